The third-order valence-corrected chi connectivity index (χ3v) is 6.18. The van der Waals surface area contributed by atoms with E-state index in [1.165, 1.54) is 0 Å². The molecule has 1 saturated heterocycles. The van der Waals surface area contributed by atoms with Gasteiger partial charge in [-0.2, -0.15) is 0 Å². The number of carbonyl (C=O) groups excluding carboxylic acids is 2. The lowest BCUT2D eigenvalue weighted by atomic mass is 10.1. The molecule has 3 aromatic rings. The fourth-order valence-corrected chi connectivity index (χ4v) is 4.68. The minimum Gasteiger partial charge on any atom is -0.308 e. The number of hydrogen-bond acceptors (Lipinski definition) is 3. The lowest BCUT2D eigenvalue weighted by Gasteiger charge is -2.26. The van der Waals surface area contributed by atoms with E-state index < -0.39 is 0 Å². The van der Waals surface area contributed by atoms with Crippen LogP contribution in [0.5, 0.6) is 0 Å². The van der Waals surface area contributed by atoms with Crippen molar-refractivity contribution in [1.82, 2.24) is 0 Å². The lowest BCUT2D eigenvalue weighted by molar-refractivity contribution is -0.115. The van der Waals surface area contributed by atoms with Crippen LogP contribution in [0.15, 0.2) is 72.8 Å². The molecule has 0 aliphatic carbocycles. The van der Waals surface area contributed by atoms with E-state index in [0.717, 1.165) is 28.1 Å². The van der Waals surface area contributed by atoms with Crippen LogP contribution in [0, 0.1) is 13.8 Å². The van der Waals surface area contributed by atoms with E-state index >= 15 is 0 Å². The Morgan fingerprint density at radius 1 is 0.933 bits per heavy atom. The molecule has 0 unspecified atom stereocenters. The van der Waals surface area contributed by atoms with E-state index in [2.05, 4.69) is 10.6 Å². The zero-order chi connectivity index (χ0) is 21.1. The number of nitrogens with zero attached hydrogens (tertiary/aromatic N) is 1. The second-order valence-corrected chi connectivity index (χ2v) is 8.35. The molecule has 0 spiro atoms. The Kier molecular flexibility index (Phi) is 5.77. The molecule has 1 heterocycles. The Morgan fingerprint density at radius 2 is 1.67 bits per heavy atom. The zero-order valence-electron chi connectivity index (χ0n) is 16.9. The maximum Gasteiger partial charge on any atom is 0.323 e. The normalized spacial score (nSPS) is 15.9. The molecule has 2 N–H and O–H groups in total. The van der Waals surface area contributed by atoms with Crippen LogP contribution in [-0.4, -0.2) is 17.7 Å². The Bertz CT molecular complexity index is 1080. The molecule has 0 saturated carbocycles. The molecule has 1 aliphatic heterocycles. The molecule has 3 aromatic carbocycles. The van der Waals surface area contributed by atoms with Crippen molar-refractivity contribution in [1.29, 1.82) is 0 Å². The highest BCUT2D eigenvalue weighted by molar-refractivity contribution is 8.00. The van der Waals surface area contributed by atoms with Gasteiger partial charge in [-0.1, -0.05) is 42.5 Å². The molecule has 1 fully saturated rings. The second-order valence-electron chi connectivity index (χ2n) is 7.28. The fraction of sp³-hybridized carbons (Fsp3) is 0.167. The largest absolute Gasteiger partial charge is 0.323 e. The van der Waals surface area contributed by atoms with E-state index in [9.17, 15) is 9.59 Å². The van der Waals surface area contributed by atoms with Crippen molar-refractivity contribution in [2.75, 3.05) is 21.3 Å². The highest BCUT2D eigenvalue weighted by Crippen LogP contribution is 2.42. The molecule has 1 aliphatic rings. The summed E-state index contributed by atoms with van der Waals surface area (Å²) in [5, 5.41) is 5.61. The number of thioether (sulfide) groups is 1. The summed E-state index contributed by atoms with van der Waals surface area (Å²) in [6.45, 7) is 4.00. The average Bonchev–Trinajstić information content (AvgIpc) is 3.10. The smallest absolute Gasteiger partial charge is 0.308 e. The van der Waals surface area contributed by atoms with Crippen LogP contribution in [0.3, 0.4) is 0 Å². The quantitative estimate of drug-likeness (QED) is 0.570. The summed E-state index contributed by atoms with van der Waals surface area (Å²) >= 11 is 1.61. The van der Waals surface area contributed by atoms with Gasteiger partial charge in [0.1, 0.15) is 5.37 Å². The SMILES string of the molecule is Cc1cccc(NC(=O)Nc2ccc([C@H]3SCC(=O)N3c3ccccc3C)cc2)c1. The summed E-state index contributed by atoms with van der Waals surface area (Å²) in [6, 6.07) is 22.9. The van der Waals surface area contributed by atoms with Crippen molar-refractivity contribution in [3.63, 3.8) is 0 Å². The molecule has 5 nitrogen and oxygen atoms in total. The summed E-state index contributed by atoms with van der Waals surface area (Å²) in [6.07, 6.45) is 0. The van der Waals surface area contributed by atoms with Gasteiger partial charge >= 0.3 is 6.03 Å². The van der Waals surface area contributed by atoms with Crippen LogP contribution in [-0.2, 0) is 4.79 Å². The Hall–Kier alpha value is -3.25. The van der Waals surface area contributed by atoms with Crippen LogP contribution in [0.4, 0.5) is 21.9 Å². The van der Waals surface area contributed by atoms with E-state index in [-0.39, 0.29) is 17.3 Å². The van der Waals surface area contributed by atoms with Crippen LogP contribution < -0.4 is 15.5 Å². The Morgan fingerprint density at radius 3 is 2.40 bits per heavy atom. The van der Waals surface area contributed by atoms with Crippen LogP contribution in [0.1, 0.15) is 22.1 Å². The number of aryl methyl sites for hydroxylation is 2. The second kappa shape index (κ2) is 8.63. The van der Waals surface area contributed by atoms with E-state index in [4.69, 9.17) is 0 Å². The lowest BCUT2D eigenvalue weighted by Crippen LogP contribution is -2.28. The van der Waals surface area contributed by atoms with Crippen LogP contribution in [0.25, 0.3) is 0 Å². The first-order valence-corrected chi connectivity index (χ1v) is 10.8. The molecule has 0 radical (unpaired) electrons. The molecule has 0 aromatic heterocycles. The number of hydrogen-bond donors (Lipinski definition) is 2. The third kappa shape index (κ3) is 4.33. The van der Waals surface area contributed by atoms with Crippen LogP contribution in [0.2, 0.25) is 0 Å². The number of benzene rings is 3. The third-order valence-electron chi connectivity index (χ3n) is 4.97. The number of anilines is 3. The number of amides is 3. The number of carbonyl (C=O) groups is 2. The van der Waals surface area contributed by atoms with Gasteiger partial charge in [-0.15, -0.1) is 11.8 Å². The van der Waals surface area contributed by atoms with Crippen molar-refractivity contribution in [2.24, 2.45) is 0 Å². The summed E-state index contributed by atoms with van der Waals surface area (Å²) in [5.41, 5.74) is 5.57. The highest BCUT2D eigenvalue weighted by atomic mass is 32.2. The molecule has 1 atom stereocenters. The van der Waals surface area contributed by atoms with Gasteiger partial charge in [0.05, 0.1) is 5.75 Å². The van der Waals surface area contributed by atoms with Crippen molar-refractivity contribution in [3.05, 3.63) is 89.5 Å². The summed E-state index contributed by atoms with van der Waals surface area (Å²) in [4.78, 5) is 26.7. The highest BCUT2D eigenvalue weighted by Gasteiger charge is 2.34. The maximum atomic E-state index is 12.6. The number of para-hydroxylation sites is 1. The zero-order valence-corrected chi connectivity index (χ0v) is 17.7. The van der Waals surface area contributed by atoms with Gasteiger partial charge in [0.25, 0.3) is 0 Å². The van der Waals surface area contributed by atoms with Gasteiger partial charge in [-0.25, -0.2) is 4.79 Å². The number of nitrogens with one attached hydrogen (secondary N) is 2. The van der Waals surface area contributed by atoms with E-state index in [1.807, 2.05) is 91.5 Å². The molecular formula is C24H23N3O2S. The minimum atomic E-state index is -0.291. The molecule has 30 heavy (non-hydrogen) atoms. The fourth-order valence-electron chi connectivity index (χ4n) is 3.51. The first-order valence-electron chi connectivity index (χ1n) is 9.75. The monoisotopic (exact) mass is 417 g/mol. The van der Waals surface area contributed by atoms with Gasteiger partial charge in [-0.05, 0) is 60.9 Å². The molecule has 152 valence electrons. The van der Waals surface area contributed by atoms with Gasteiger partial charge < -0.3 is 10.6 Å². The molecule has 3 amide bonds. The van der Waals surface area contributed by atoms with Gasteiger partial charge in [0, 0.05) is 17.1 Å². The predicted octanol–water partition coefficient (Wildman–Crippen LogP) is 5.73. The van der Waals surface area contributed by atoms with Crippen molar-refractivity contribution in [2.45, 2.75) is 19.2 Å². The first-order chi connectivity index (χ1) is 14.5. The maximum absolute atomic E-state index is 12.6. The number of rotatable bonds is 4. The summed E-state index contributed by atoms with van der Waals surface area (Å²) in [7, 11) is 0. The van der Waals surface area contributed by atoms with Crippen molar-refractivity contribution >= 4 is 40.8 Å². The Balaban J connectivity index is 1.47. The van der Waals surface area contributed by atoms with Gasteiger partial charge in [0.15, 0.2) is 0 Å². The van der Waals surface area contributed by atoms with Crippen molar-refractivity contribution < 1.29 is 9.59 Å². The molecular weight excluding hydrogens is 394 g/mol. The topological polar surface area (TPSA) is 61.4 Å². The number of urea groups is 1. The standard InChI is InChI=1S/C24H23N3O2S/c1-16-6-5-8-20(14-16)26-24(29)25-19-12-10-18(11-13-19)23-27(22(28)15-30-23)21-9-4-3-7-17(21)2/h3-14,23H,15H2,1-2H3,(H2,25,26,29)/t23-/m1/s1. The molecule has 0 bridgehead atoms. The first kappa shape index (κ1) is 20.0. The summed E-state index contributed by atoms with van der Waals surface area (Å²) < 4.78 is 0. The van der Waals surface area contributed by atoms with Crippen LogP contribution >= 0.6 is 11.8 Å². The average molecular weight is 418 g/mol. The predicted molar refractivity (Wildman–Crippen MR) is 124 cm³/mol. The van der Waals surface area contributed by atoms with E-state index in [1.54, 1.807) is 11.8 Å². The molecule has 4 rings (SSSR count). The summed E-state index contributed by atoms with van der Waals surface area (Å²) in [5.74, 6) is 0.566. The molecule has 6 heteroatoms. The van der Waals surface area contributed by atoms with Gasteiger partial charge in [-0.3, -0.25) is 9.69 Å². The van der Waals surface area contributed by atoms with Gasteiger partial charge in [0.2, 0.25) is 5.91 Å². The Labute approximate surface area is 180 Å². The van der Waals surface area contributed by atoms with E-state index in [0.29, 0.717) is 11.4 Å². The minimum absolute atomic E-state index is 0.0752. The van der Waals surface area contributed by atoms with Crippen molar-refractivity contribution in [3.8, 4) is 0 Å².